The highest BCUT2D eigenvalue weighted by atomic mass is 35.5. The van der Waals surface area contributed by atoms with E-state index in [2.05, 4.69) is 40.4 Å². The number of likely N-dealkylation sites (tertiary alicyclic amines) is 1. The summed E-state index contributed by atoms with van der Waals surface area (Å²) in [5.74, 6) is -0.256. The fourth-order valence-electron chi connectivity index (χ4n) is 5.19. The summed E-state index contributed by atoms with van der Waals surface area (Å²) in [6.45, 7) is 8.12. The molecular formula is C26H33ClN4O4. The highest BCUT2D eigenvalue weighted by Gasteiger charge is 2.54. The molecule has 4 rings (SSSR count). The summed E-state index contributed by atoms with van der Waals surface area (Å²) in [4.78, 5) is 32.8. The van der Waals surface area contributed by atoms with E-state index in [0.717, 1.165) is 17.7 Å². The van der Waals surface area contributed by atoms with Crippen molar-refractivity contribution in [3.8, 4) is 0 Å². The zero-order valence-electron chi connectivity index (χ0n) is 20.7. The first kappa shape index (κ1) is 25.6. The second kappa shape index (κ2) is 10.2. The first-order valence-corrected chi connectivity index (χ1v) is 12.2. The van der Waals surface area contributed by atoms with Gasteiger partial charge in [0.2, 0.25) is 5.91 Å². The van der Waals surface area contributed by atoms with Crippen molar-refractivity contribution in [2.45, 2.75) is 25.2 Å². The summed E-state index contributed by atoms with van der Waals surface area (Å²) in [6, 6.07) is 9.58. The largest absolute Gasteiger partial charge is 0.384 e. The summed E-state index contributed by atoms with van der Waals surface area (Å²) in [7, 11) is 3.24. The average Bonchev–Trinajstić information content (AvgIpc) is 2.79. The van der Waals surface area contributed by atoms with Gasteiger partial charge in [0, 0.05) is 33.8 Å². The first-order valence-electron chi connectivity index (χ1n) is 11.8. The van der Waals surface area contributed by atoms with E-state index in [1.807, 2.05) is 18.2 Å². The molecule has 35 heavy (non-hydrogen) atoms. The Bertz CT molecular complexity index is 1100. The van der Waals surface area contributed by atoms with Crippen molar-refractivity contribution >= 4 is 29.1 Å². The van der Waals surface area contributed by atoms with Crippen molar-refractivity contribution in [1.29, 1.82) is 0 Å². The Morgan fingerprint density at radius 2 is 1.97 bits per heavy atom. The van der Waals surface area contributed by atoms with Crippen LogP contribution in [-0.2, 0) is 19.7 Å². The minimum atomic E-state index is -0.765. The molecule has 1 aromatic heterocycles. The van der Waals surface area contributed by atoms with E-state index >= 15 is 0 Å². The third-order valence-electron chi connectivity index (χ3n) is 6.94. The molecule has 2 saturated heterocycles. The van der Waals surface area contributed by atoms with Crippen LogP contribution in [0.3, 0.4) is 0 Å². The highest BCUT2D eigenvalue weighted by Crippen LogP contribution is 2.42. The average molecular weight is 501 g/mol. The van der Waals surface area contributed by atoms with Gasteiger partial charge < -0.3 is 20.1 Å². The van der Waals surface area contributed by atoms with Gasteiger partial charge in [-0.05, 0) is 23.1 Å². The molecule has 0 spiro atoms. The number of nitrogens with zero attached hydrogens (tertiary/aromatic N) is 2. The molecule has 2 amide bonds. The summed E-state index contributed by atoms with van der Waals surface area (Å²) < 4.78 is 10.9. The number of carbonyl (C=O) groups excluding carboxylic acids is 2. The Balaban J connectivity index is 1.65. The molecule has 2 N–H and O–H groups in total. The number of rotatable bonds is 9. The number of hydrogen-bond acceptors (Lipinski definition) is 6. The zero-order valence-corrected chi connectivity index (χ0v) is 21.4. The zero-order chi connectivity index (χ0) is 25.2. The maximum Gasteiger partial charge on any atom is 0.253 e. The number of halogens is 1. The lowest BCUT2D eigenvalue weighted by atomic mass is 9.68. The van der Waals surface area contributed by atoms with Crippen molar-refractivity contribution < 1.29 is 19.1 Å². The van der Waals surface area contributed by atoms with Crippen LogP contribution in [0.2, 0.25) is 5.15 Å². The predicted molar refractivity (Wildman–Crippen MR) is 135 cm³/mol. The molecule has 2 aromatic rings. The lowest BCUT2D eigenvalue weighted by Crippen LogP contribution is -2.68. The first-order chi connectivity index (χ1) is 16.7. The maximum absolute atomic E-state index is 14.0. The van der Waals surface area contributed by atoms with Crippen LogP contribution < -0.4 is 10.6 Å². The topological polar surface area (TPSA) is 92.8 Å². The number of benzene rings is 1. The van der Waals surface area contributed by atoms with Crippen LogP contribution in [0.15, 0.2) is 36.5 Å². The van der Waals surface area contributed by atoms with Gasteiger partial charge in [0.15, 0.2) is 0 Å². The standard InChI is InChI=1S/C26H33ClN4O4/c1-17(2)18-7-5-6-8-20(18)26(12-31(13-26)11-25(14-34-4)15-35-16-25)24(33)30-21-10-29-22(27)9-19(21)23(32)28-3/h5-10,17H,11-16H2,1-4H3,(H,28,32)(H,30,33). The number of amides is 2. The Morgan fingerprint density at radius 1 is 1.26 bits per heavy atom. The van der Waals surface area contributed by atoms with Crippen LogP contribution in [0.4, 0.5) is 5.69 Å². The van der Waals surface area contributed by atoms with Gasteiger partial charge in [-0.3, -0.25) is 14.5 Å². The summed E-state index contributed by atoms with van der Waals surface area (Å²) in [5.41, 5.74) is 1.96. The van der Waals surface area contributed by atoms with E-state index in [1.165, 1.54) is 19.3 Å². The van der Waals surface area contributed by atoms with Crippen LogP contribution >= 0.6 is 11.6 Å². The van der Waals surface area contributed by atoms with E-state index in [9.17, 15) is 9.59 Å². The van der Waals surface area contributed by atoms with Gasteiger partial charge in [-0.2, -0.15) is 0 Å². The number of nitrogens with one attached hydrogen (secondary N) is 2. The molecule has 0 radical (unpaired) electrons. The van der Waals surface area contributed by atoms with E-state index in [0.29, 0.717) is 38.6 Å². The summed E-state index contributed by atoms with van der Waals surface area (Å²) in [5, 5.41) is 5.78. The molecular weight excluding hydrogens is 468 g/mol. The van der Waals surface area contributed by atoms with Crippen molar-refractivity contribution in [2.24, 2.45) is 5.41 Å². The van der Waals surface area contributed by atoms with Gasteiger partial charge in [0.05, 0.1) is 48.1 Å². The number of methoxy groups -OCH3 is 1. The van der Waals surface area contributed by atoms with Gasteiger partial charge in [0.25, 0.3) is 5.91 Å². The molecule has 2 aliphatic heterocycles. The molecule has 0 bridgehead atoms. The number of carbonyl (C=O) groups is 2. The summed E-state index contributed by atoms with van der Waals surface area (Å²) in [6.07, 6.45) is 1.43. The van der Waals surface area contributed by atoms with Crippen LogP contribution in [-0.4, -0.2) is 75.3 Å². The highest BCUT2D eigenvalue weighted by molar-refractivity contribution is 6.30. The second-order valence-electron chi connectivity index (χ2n) is 9.98. The maximum atomic E-state index is 14.0. The van der Waals surface area contributed by atoms with E-state index in [4.69, 9.17) is 21.1 Å². The van der Waals surface area contributed by atoms with Crippen molar-refractivity contribution in [2.75, 3.05) is 58.9 Å². The molecule has 9 heteroatoms. The second-order valence-corrected chi connectivity index (χ2v) is 10.4. The van der Waals surface area contributed by atoms with Gasteiger partial charge in [0.1, 0.15) is 5.15 Å². The third kappa shape index (κ3) is 4.93. The van der Waals surface area contributed by atoms with E-state index in [-0.39, 0.29) is 33.9 Å². The minimum absolute atomic E-state index is 0.0402. The Kier molecular flexibility index (Phi) is 7.47. The van der Waals surface area contributed by atoms with Crippen molar-refractivity contribution in [3.63, 3.8) is 0 Å². The quantitative estimate of drug-likeness (QED) is 0.514. The van der Waals surface area contributed by atoms with Crippen LogP contribution in [0.5, 0.6) is 0 Å². The normalized spacial score (nSPS) is 18.5. The van der Waals surface area contributed by atoms with Crippen LogP contribution in [0.1, 0.15) is 41.3 Å². The predicted octanol–water partition coefficient (Wildman–Crippen LogP) is 3.07. The van der Waals surface area contributed by atoms with Gasteiger partial charge in [-0.15, -0.1) is 0 Å². The molecule has 188 valence electrons. The van der Waals surface area contributed by atoms with Crippen LogP contribution in [0.25, 0.3) is 0 Å². The van der Waals surface area contributed by atoms with Gasteiger partial charge in [-0.25, -0.2) is 4.98 Å². The Labute approximate surface area is 211 Å². The molecule has 2 fully saturated rings. The number of hydrogen-bond donors (Lipinski definition) is 2. The SMILES string of the molecule is CNC(=O)c1cc(Cl)ncc1NC(=O)C1(c2ccccc2C(C)C)CN(CC2(COC)COC2)C1. The molecule has 0 aliphatic carbocycles. The Hall–Kier alpha value is -2.52. The molecule has 0 saturated carbocycles. The fraction of sp³-hybridized carbons (Fsp3) is 0.500. The van der Waals surface area contributed by atoms with Gasteiger partial charge in [-0.1, -0.05) is 49.7 Å². The fourth-order valence-corrected chi connectivity index (χ4v) is 5.34. The molecule has 2 aliphatic rings. The van der Waals surface area contributed by atoms with Gasteiger partial charge >= 0.3 is 0 Å². The molecule has 0 unspecified atom stereocenters. The summed E-state index contributed by atoms with van der Waals surface area (Å²) >= 11 is 6.03. The number of aromatic nitrogens is 1. The smallest absolute Gasteiger partial charge is 0.253 e. The lowest BCUT2D eigenvalue weighted by Gasteiger charge is -2.54. The van der Waals surface area contributed by atoms with Crippen molar-refractivity contribution in [1.82, 2.24) is 15.2 Å². The minimum Gasteiger partial charge on any atom is -0.384 e. The van der Waals surface area contributed by atoms with E-state index in [1.54, 1.807) is 7.11 Å². The number of ether oxygens (including phenoxy) is 2. The lowest BCUT2D eigenvalue weighted by molar-refractivity contribution is -0.166. The number of anilines is 1. The number of pyridine rings is 1. The monoisotopic (exact) mass is 500 g/mol. The molecule has 0 atom stereocenters. The Morgan fingerprint density at radius 3 is 2.57 bits per heavy atom. The molecule has 8 nitrogen and oxygen atoms in total. The van der Waals surface area contributed by atoms with E-state index < -0.39 is 5.41 Å². The van der Waals surface area contributed by atoms with Crippen molar-refractivity contribution in [3.05, 3.63) is 58.4 Å². The molecule has 3 heterocycles. The third-order valence-corrected chi connectivity index (χ3v) is 7.14. The molecule has 1 aromatic carbocycles. The van der Waals surface area contributed by atoms with Crippen LogP contribution in [0, 0.1) is 5.41 Å².